The van der Waals surface area contributed by atoms with E-state index in [9.17, 15) is 5.11 Å². The van der Waals surface area contributed by atoms with Gasteiger partial charge in [-0.05, 0) is 56.1 Å². The van der Waals surface area contributed by atoms with E-state index in [4.69, 9.17) is 4.74 Å². The molecular formula is C15H10Br2N4O2. The summed E-state index contributed by atoms with van der Waals surface area (Å²) < 4.78 is 6.55. The van der Waals surface area contributed by atoms with Gasteiger partial charge in [-0.15, -0.1) is 5.10 Å². The molecular weight excluding hydrogens is 428 g/mol. The average molecular weight is 438 g/mol. The van der Waals surface area contributed by atoms with Crippen molar-refractivity contribution in [3.63, 3.8) is 0 Å². The minimum atomic E-state index is 0.130. The smallest absolute Gasteiger partial charge is 0.336 e. The van der Waals surface area contributed by atoms with E-state index in [0.717, 1.165) is 11.3 Å². The highest BCUT2D eigenvalue weighted by Crippen LogP contribution is 2.36. The molecule has 2 heterocycles. The molecule has 3 rings (SSSR count). The van der Waals surface area contributed by atoms with Gasteiger partial charge >= 0.3 is 6.01 Å². The van der Waals surface area contributed by atoms with Crippen LogP contribution in [0.2, 0.25) is 0 Å². The second kappa shape index (κ2) is 7.01. The Bertz CT molecular complexity index is 790. The standard InChI is InChI=1S/C15H10Br2N4O2/c16-11-5-9(6-12(17)14(11)22)13-7-19-15(21-20-13)23-8-10-3-1-2-4-18-10/h1-7,22H,8H2. The summed E-state index contributed by atoms with van der Waals surface area (Å²) in [6.45, 7) is 0.276. The molecule has 0 aliphatic rings. The maximum Gasteiger partial charge on any atom is 0.336 e. The van der Waals surface area contributed by atoms with Crippen LogP contribution in [-0.2, 0) is 6.61 Å². The van der Waals surface area contributed by atoms with Gasteiger partial charge in [-0.2, -0.15) is 0 Å². The zero-order chi connectivity index (χ0) is 16.2. The van der Waals surface area contributed by atoms with Gasteiger partial charge in [0.25, 0.3) is 0 Å². The number of benzene rings is 1. The van der Waals surface area contributed by atoms with Crippen LogP contribution in [0.1, 0.15) is 5.69 Å². The zero-order valence-corrected chi connectivity index (χ0v) is 14.8. The number of aromatic hydroxyl groups is 1. The summed E-state index contributed by atoms with van der Waals surface area (Å²) in [5.74, 6) is 0.130. The topological polar surface area (TPSA) is 81.0 Å². The van der Waals surface area contributed by atoms with E-state index in [0.29, 0.717) is 14.6 Å². The highest BCUT2D eigenvalue weighted by molar-refractivity contribution is 9.11. The Labute approximate surface area is 148 Å². The van der Waals surface area contributed by atoms with Gasteiger partial charge in [0.2, 0.25) is 0 Å². The average Bonchev–Trinajstić information content (AvgIpc) is 2.59. The van der Waals surface area contributed by atoms with E-state index in [1.54, 1.807) is 24.5 Å². The second-order valence-corrected chi connectivity index (χ2v) is 6.23. The highest BCUT2D eigenvalue weighted by Gasteiger charge is 2.10. The van der Waals surface area contributed by atoms with Crippen LogP contribution in [0.4, 0.5) is 0 Å². The van der Waals surface area contributed by atoms with E-state index in [-0.39, 0.29) is 18.4 Å². The van der Waals surface area contributed by atoms with E-state index in [2.05, 4.69) is 52.0 Å². The lowest BCUT2D eigenvalue weighted by Crippen LogP contribution is -2.02. The van der Waals surface area contributed by atoms with Gasteiger partial charge in [-0.3, -0.25) is 4.98 Å². The van der Waals surface area contributed by atoms with Crippen LogP contribution in [0, 0.1) is 0 Å². The molecule has 0 radical (unpaired) electrons. The SMILES string of the molecule is Oc1c(Br)cc(-c2cnc(OCc3ccccn3)nn2)cc1Br. The van der Waals surface area contributed by atoms with E-state index >= 15 is 0 Å². The molecule has 0 bridgehead atoms. The fourth-order valence-corrected chi connectivity index (χ4v) is 2.98. The number of rotatable bonds is 4. The van der Waals surface area contributed by atoms with Crippen molar-refractivity contribution in [3.8, 4) is 23.0 Å². The molecule has 0 spiro atoms. The molecule has 0 saturated carbocycles. The predicted octanol–water partition coefficient (Wildman–Crippen LogP) is 3.74. The molecule has 1 N–H and O–H groups in total. The third-order valence-electron chi connectivity index (χ3n) is 2.93. The van der Waals surface area contributed by atoms with Gasteiger partial charge in [0.15, 0.2) is 0 Å². The van der Waals surface area contributed by atoms with Crippen LogP contribution >= 0.6 is 31.9 Å². The summed E-state index contributed by atoms with van der Waals surface area (Å²) in [6.07, 6.45) is 3.26. The molecule has 0 amide bonds. The van der Waals surface area contributed by atoms with Gasteiger partial charge in [0.05, 0.1) is 20.8 Å². The Balaban J connectivity index is 1.74. The summed E-state index contributed by atoms with van der Waals surface area (Å²) in [5, 5.41) is 17.8. The van der Waals surface area contributed by atoms with Crippen LogP contribution in [0.15, 0.2) is 51.7 Å². The molecule has 0 saturated heterocycles. The highest BCUT2D eigenvalue weighted by atomic mass is 79.9. The normalized spacial score (nSPS) is 10.5. The van der Waals surface area contributed by atoms with Gasteiger partial charge in [-0.25, -0.2) is 4.98 Å². The quantitative estimate of drug-likeness (QED) is 0.669. The molecule has 3 aromatic rings. The van der Waals surface area contributed by atoms with Crippen molar-refractivity contribution in [2.24, 2.45) is 0 Å². The van der Waals surface area contributed by atoms with Crippen molar-refractivity contribution < 1.29 is 9.84 Å². The number of hydrogen-bond donors (Lipinski definition) is 1. The molecule has 0 atom stereocenters. The lowest BCUT2D eigenvalue weighted by atomic mass is 10.1. The predicted molar refractivity (Wildman–Crippen MR) is 90.9 cm³/mol. The van der Waals surface area contributed by atoms with Crippen molar-refractivity contribution in [1.82, 2.24) is 20.2 Å². The molecule has 0 aliphatic heterocycles. The molecule has 0 aliphatic carbocycles. The molecule has 2 aromatic heterocycles. The van der Waals surface area contributed by atoms with Crippen molar-refractivity contribution in [2.75, 3.05) is 0 Å². The number of hydrogen-bond acceptors (Lipinski definition) is 6. The van der Waals surface area contributed by atoms with Crippen LogP contribution in [0.3, 0.4) is 0 Å². The number of nitrogens with zero attached hydrogens (tertiary/aromatic N) is 4. The van der Waals surface area contributed by atoms with E-state index < -0.39 is 0 Å². The fourth-order valence-electron chi connectivity index (χ4n) is 1.80. The molecule has 0 fully saturated rings. The number of phenols is 1. The lowest BCUT2D eigenvalue weighted by molar-refractivity contribution is 0.272. The van der Waals surface area contributed by atoms with Crippen LogP contribution in [0.25, 0.3) is 11.3 Å². The maximum absolute atomic E-state index is 9.73. The third kappa shape index (κ3) is 3.83. The Hall–Kier alpha value is -2.06. The Morgan fingerprint density at radius 1 is 1.04 bits per heavy atom. The monoisotopic (exact) mass is 436 g/mol. The van der Waals surface area contributed by atoms with Crippen LogP contribution in [-0.4, -0.2) is 25.3 Å². The molecule has 23 heavy (non-hydrogen) atoms. The zero-order valence-electron chi connectivity index (χ0n) is 11.6. The third-order valence-corrected chi connectivity index (χ3v) is 4.14. The first-order chi connectivity index (χ1) is 11.1. The first kappa shape index (κ1) is 15.8. The van der Waals surface area contributed by atoms with Crippen LogP contribution < -0.4 is 4.74 Å². The Kier molecular flexibility index (Phi) is 4.82. The maximum atomic E-state index is 9.73. The number of phenolic OH excluding ortho intramolecular Hbond substituents is 1. The Morgan fingerprint density at radius 3 is 2.43 bits per heavy atom. The molecule has 1 aromatic carbocycles. The minimum absolute atomic E-state index is 0.130. The summed E-state index contributed by atoms with van der Waals surface area (Å²) in [7, 11) is 0. The summed E-state index contributed by atoms with van der Waals surface area (Å²) in [5.41, 5.74) is 2.11. The first-order valence-electron chi connectivity index (χ1n) is 6.54. The van der Waals surface area contributed by atoms with Crippen molar-refractivity contribution in [1.29, 1.82) is 0 Å². The van der Waals surface area contributed by atoms with E-state index in [1.807, 2.05) is 18.2 Å². The summed E-state index contributed by atoms with van der Waals surface area (Å²) in [4.78, 5) is 8.29. The molecule has 116 valence electrons. The summed E-state index contributed by atoms with van der Waals surface area (Å²) >= 11 is 6.56. The van der Waals surface area contributed by atoms with Crippen molar-refractivity contribution >= 4 is 31.9 Å². The van der Waals surface area contributed by atoms with Crippen molar-refractivity contribution in [2.45, 2.75) is 6.61 Å². The molecule has 6 nitrogen and oxygen atoms in total. The fraction of sp³-hybridized carbons (Fsp3) is 0.0667. The number of aromatic nitrogens is 4. The largest absolute Gasteiger partial charge is 0.506 e. The lowest BCUT2D eigenvalue weighted by Gasteiger charge is -2.06. The van der Waals surface area contributed by atoms with Crippen molar-refractivity contribution in [3.05, 3.63) is 57.4 Å². The van der Waals surface area contributed by atoms with Gasteiger partial charge < -0.3 is 9.84 Å². The Morgan fingerprint density at radius 2 is 1.83 bits per heavy atom. The summed E-state index contributed by atoms with van der Waals surface area (Å²) in [6, 6.07) is 9.23. The van der Waals surface area contributed by atoms with E-state index in [1.165, 1.54) is 0 Å². The number of ether oxygens (including phenoxy) is 1. The van der Waals surface area contributed by atoms with Gasteiger partial charge in [-0.1, -0.05) is 11.2 Å². The number of pyridine rings is 1. The molecule has 8 heteroatoms. The van der Waals surface area contributed by atoms with Gasteiger partial charge in [0, 0.05) is 11.8 Å². The first-order valence-corrected chi connectivity index (χ1v) is 8.13. The minimum Gasteiger partial charge on any atom is -0.506 e. The molecule has 0 unspecified atom stereocenters. The second-order valence-electron chi connectivity index (χ2n) is 4.52. The van der Waals surface area contributed by atoms with Gasteiger partial charge in [0.1, 0.15) is 18.1 Å². The number of halogens is 2. The van der Waals surface area contributed by atoms with Crippen LogP contribution in [0.5, 0.6) is 11.8 Å².